The Morgan fingerprint density at radius 1 is 1.41 bits per heavy atom. The largest absolute Gasteiger partial charge is 0.366 e. The van der Waals surface area contributed by atoms with Crippen LogP contribution < -0.4 is 11.1 Å². The van der Waals surface area contributed by atoms with Gasteiger partial charge < -0.3 is 11.1 Å². The number of aryl methyl sites for hydroxylation is 1. The number of primary amides is 1. The Kier molecular flexibility index (Phi) is 4.69. The van der Waals surface area contributed by atoms with Gasteiger partial charge in [-0.1, -0.05) is 13.8 Å². The molecule has 0 aliphatic rings. The molecule has 5 heteroatoms. The van der Waals surface area contributed by atoms with E-state index in [4.69, 9.17) is 5.73 Å². The van der Waals surface area contributed by atoms with Crippen molar-refractivity contribution in [1.29, 1.82) is 0 Å². The van der Waals surface area contributed by atoms with Crippen molar-refractivity contribution < 1.29 is 9.59 Å². The molecule has 0 aliphatic carbocycles. The van der Waals surface area contributed by atoms with Crippen LogP contribution in [0.15, 0.2) is 6.07 Å². The van der Waals surface area contributed by atoms with Crippen LogP contribution in [-0.4, -0.2) is 11.8 Å². The molecule has 0 fully saturated rings. The molecule has 2 amide bonds. The van der Waals surface area contributed by atoms with E-state index in [9.17, 15) is 9.59 Å². The molecule has 0 saturated carbocycles. The molecule has 0 saturated heterocycles. The molecular weight excluding hydrogens is 236 g/mol. The highest BCUT2D eigenvalue weighted by atomic mass is 32.1. The normalized spacial score (nSPS) is 10.6. The van der Waals surface area contributed by atoms with Gasteiger partial charge in [0.1, 0.15) is 5.00 Å². The number of thiophene rings is 1. The number of amides is 2. The van der Waals surface area contributed by atoms with E-state index >= 15 is 0 Å². The molecule has 1 aromatic rings. The average Bonchev–Trinajstić information content (AvgIpc) is 2.61. The zero-order chi connectivity index (χ0) is 13.0. The number of hydrogen-bond donors (Lipinski definition) is 2. The summed E-state index contributed by atoms with van der Waals surface area (Å²) in [5.41, 5.74) is 5.66. The van der Waals surface area contributed by atoms with Crippen molar-refractivity contribution >= 4 is 28.2 Å². The average molecular weight is 254 g/mol. The minimum absolute atomic E-state index is 0.0156. The van der Waals surface area contributed by atoms with Gasteiger partial charge in [-0.05, 0) is 25.8 Å². The molecule has 0 aromatic carbocycles. The van der Waals surface area contributed by atoms with Gasteiger partial charge in [0, 0.05) is 10.8 Å². The summed E-state index contributed by atoms with van der Waals surface area (Å²) < 4.78 is 0. The summed E-state index contributed by atoms with van der Waals surface area (Å²) in [6.07, 6.45) is 1.58. The van der Waals surface area contributed by atoms with Gasteiger partial charge in [-0.3, -0.25) is 9.59 Å². The van der Waals surface area contributed by atoms with Crippen molar-refractivity contribution in [3.63, 3.8) is 0 Å². The second kappa shape index (κ2) is 5.82. The zero-order valence-electron chi connectivity index (χ0n) is 10.4. The van der Waals surface area contributed by atoms with Crippen LogP contribution in [0.25, 0.3) is 0 Å². The smallest absolute Gasteiger partial charge is 0.251 e. The third-order valence-electron chi connectivity index (χ3n) is 2.71. The Balaban J connectivity index is 2.87. The fourth-order valence-corrected chi connectivity index (χ4v) is 2.58. The first kappa shape index (κ1) is 13.7. The molecule has 0 radical (unpaired) electrons. The van der Waals surface area contributed by atoms with Crippen LogP contribution in [-0.2, 0) is 4.79 Å². The summed E-state index contributed by atoms with van der Waals surface area (Å²) in [5, 5.41) is 3.36. The van der Waals surface area contributed by atoms with Gasteiger partial charge >= 0.3 is 0 Å². The lowest BCUT2D eigenvalue weighted by molar-refractivity contribution is -0.120. The first-order valence-electron chi connectivity index (χ1n) is 5.70. The van der Waals surface area contributed by atoms with Crippen molar-refractivity contribution in [2.24, 2.45) is 11.7 Å². The van der Waals surface area contributed by atoms with E-state index in [1.54, 1.807) is 6.07 Å². The summed E-state index contributed by atoms with van der Waals surface area (Å²) in [4.78, 5) is 24.1. The summed E-state index contributed by atoms with van der Waals surface area (Å²) in [5.74, 6) is -0.563. The van der Waals surface area contributed by atoms with Crippen LogP contribution in [0.2, 0.25) is 0 Å². The van der Waals surface area contributed by atoms with Crippen LogP contribution in [0.3, 0.4) is 0 Å². The highest BCUT2D eigenvalue weighted by molar-refractivity contribution is 7.16. The first-order chi connectivity index (χ1) is 7.99. The van der Waals surface area contributed by atoms with Crippen LogP contribution in [0, 0.1) is 12.8 Å². The molecule has 94 valence electrons. The Labute approximate surface area is 105 Å². The van der Waals surface area contributed by atoms with Crippen LogP contribution in [0.1, 0.15) is 41.9 Å². The molecule has 3 N–H and O–H groups in total. The number of carbonyl (C=O) groups is 2. The van der Waals surface area contributed by atoms with Crippen molar-refractivity contribution in [1.82, 2.24) is 0 Å². The second-order valence-electron chi connectivity index (χ2n) is 3.97. The van der Waals surface area contributed by atoms with Crippen LogP contribution in [0.4, 0.5) is 5.00 Å². The van der Waals surface area contributed by atoms with Crippen molar-refractivity contribution in [3.8, 4) is 0 Å². The van der Waals surface area contributed by atoms with Gasteiger partial charge in [-0.25, -0.2) is 0 Å². The van der Waals surface area contributed by atoms with Gasteiger partial charge in [0.2, 0.25) is 5.91 Å². The lowest BCUT2D eigenvalue weighted by Gasteiger charge is -2.12. The summed E-state index contributed by atoms with van der Waals surface area (Å²) in [6.45, 7) is 5.83. The molecule has 0 spiro atoms. The molecule has 17 heavy (non-hydrogen) atoms. The predicted octanol–water partition coefficient (Wildman–Crippen LogP) is 2.53. The molecule has 4 nitrogen and oxygen atoms in total. The van der Waals surface area contributed by atoms with E-state index in [0.717, 1.165) is 17.7 Å². The van der Waals surface area contributed by atoms with E-state index in [0.29, 0.717) is 10.6 Å². The fraction of sp³-hybridized carbons (Fsp3) is 0.500. The maximum Gasteiger partial charge on any atom is 0.251 e. The zero-order valence-corrected chi connectivity index (χ0v) is 11.2. The third kappa shape index (κ3) is 3.30. The molecule has 0 aliphatic heterocycles. The SMILES string of the molecule is CCC(CC)C(=O)Nc1sc(C)cc1C(N)=O. The molecule has 1 aromatic heterocycles. The maximum absolute atomic E-state index is 11.9. The van der Waals surface area contributed by atoms with E-state index < -0.39 is 5.91 Å². The van der Waals surface area contributed by atoms with Gasteiger partial charge in [0.05, 0.1) is 5.56 Å². The lowest BCUT2D eigenvalue weighted by Crippen LogP contribution is -2.23. The predicted molar refractivity (Wildman–Crippen MR) is 70.3 cm³/mol. The summed E-state index contributed by atoms with van der Waals surface area (Å²) in [7, 11) is 0. The van der Waals surface area contributed by atoms with Gasteiger partial charge in [-0.2, -0.15) is 0 Å². The fourth-order valence-electron chi connectivity index (χ4n) is 1.66. The Morgan fingerprint density at radius 3 is 2.47 bits per heavy atom. The molecule has 1 heterocycles. The number of carbonyl (C=O) groups excluding carboxylic acids is 2. The highest BCUT2D eigenvalue weighted by Gasteiger charge is 2.18. The highest BCUT2D eigenvalue weighted by Crippen LogP contribution is 2.28. The second-order valence-corrected chi connectivity index (χ2v) is 5.22. The lowest BCUT2D eigenvalue weighted by atomic mass is 10.0. The number of rotatable bonds is 5. The quantitative estimate of drug-likeness (QED) is 0.847. The number of anilines is 1. The molecule has 0 atom stereocenters. The van der Waals surface area contributed by atoms with E-state index in [-0.39, 0.29) is 11.8 Å². The van der Waals surface area contributed by atoms with Gasteiger partial charge in [-0.15, -0.1) is 11.3 Å². The molecule has 1 rings (SSSR count). The van der Waals surface area contributed by atoms with Crippen LogP contribution in [0.5, 0.6) is 0 Å². The van der Waals surface area contributed by atoms with Crippen molar-refractivity contribution in [3.05, 3.63) is 16.5 Å². The van der Waals surface area contributed by atoms with E-state index in [1.807, 2.05) is 20.8 Å². The first-order valence-corrected chi connectivity index (χ1v) is 6.52. The van der Waals surface area contributed by atoms with Crippen molar-refractivity contribution in [2.75, 3.05) is 5.32 Å². The summed E-state index contributed by atoms with van der Waals surface area (Å²) >= 11 is 1.38. The molecule has 0 unspecified atom stereocenters. The van der Waals surface area contributed by atoms with Gasteiger partial charge in [0.25, 0.3) is 5.91 Å². The number of nitrogens with one attached hydrogen (secondary N) is 1. The number of hydrogen-bond acceptors (Lipinski definition) is 3. The minimum atomic E-state index is -0.505. The Hall–Kier alpha value is -1.36. The standard InChI is InChI=1S/C12H18N2O2S/c1-4-8(5-2)11(16)14-12-9(10(13)15)6-7(3)17-12/h6,8H,4-5H2,1-3H3,(H2,13,15)(H,14,16). The number of nitrogens with two attached hydrogens (primary N) is 1. The molecular formula is C12H18N2O2S. The van der Waals surface area contributed by atoms with E-state index in [1.165, 1.54) is 11.3 Å². The Morgan fingerprint density at radius 2 is 2.00 bits per heavy atom. The third-order valence-corrected chi connectivity index (χ3v) is 3.68. The van der Waals surface area contributed by atoms with Gasteiger partial charge in [0.15, 0.2) is 0 Å². The topological polar surface area (TPSA) is 72.2 Å². The van der Waals surface area contributed by atoms with Crippen molar-refractivity contribution in [2.45, 2.75) is 33.6 Å². The Bertz CT molecular complexity index is 422. The van der Waals surface area contributed by atoms with E-state index in [2.05, 4.69) is 5.32 Å². The monoisotopic (exact) mass is 254 g/mol. The van der Waals surface area contributed by atoms with Crippen LogP contribution >= 0.6 is 11.3 Å². The minimum Gasteiger partial charge on any atom is -0.366 e. The summed E-state index contributed by atoms with van der Waals surface area (Å²) in [6, 6.07) is 1.70. The maximum atomic E-state index is 11.9. The molecule has 0 bridgehead atoms.